The molecular formula is C15H17N3O4. The first kappa shape index (κ1) is 15.7. The lowest BCUT2D eigenvalue weighted by atomic mass is 10.2. The molecule has 0 aliphatic heterocycles. The van der Waals surface area contributed by atoms with Crippen LogP contribution in [-0.2, 0) is 16.0 Å². The number of hydrogen-bond donors (Lipinski definition) is 1. The molecule has 0 spiro atoms. The number of aromatic nitrogens is 3. The minimum absolute atomic E-state index is 0.196. The molecule has 1 heterocycles. The summed E-state index contributed by atoms with van der Waals surface area (Å²) in [5, 5.41) is 16.5. The number of esters is 1. The number of carboxylic acids is 1. The summed E-state index contributed by atoms with van der Waals surface area (Å²) in [7, 11) is 0. The molecule has 0 unspecified atom stereocenters. The first-order valence-corrected chi connectivity index (χ1v) is 7.00. The standard InChI is InChI=1S/C15H17N3O4/c1-2-3-7-22-15(21)11-5-4-6-12(8-11)18-13(9-14(19)20)10-16-17-18/h4-6,8,10H,2-3,7,9H2,1H3,(H,19,20). The molecule has 0 atom stereocenters. The normalized spacial score (nSPS) is 10.4. The number of rotatable bonds is 7. The molecule has 0 bridgehead atoms. The summed E-state index contributed by atoms with van der Waals surface area (Å²) in [5.41, 5.74) is 1.40. The molecule has 0 aliphatic rings. The zero-order valence-corrected chi connectivity index (χ0v) is 12.2. The third-order valence-corrected chi connectivity index (χ3v) is 3.01. The van der Waals surface area contributed by atoms with Crippen LogP contribution in [0.15, 0.2) is 30.5 Å². The van der Waals surface area contributed by atoms with Gasteiger partial charge in [0.15, 0.2) is 0 Å². The lowest BCUT2D eigenvalue weighted by Crippen LogP contribution is -2.10. The Bertz CT molecular complexity index is 666. The summed E-state index contributed by atoms with van der Waals surface area (Å²) in [5.74, 6) is -1.38. The van der Waals surface area contributed by atoms with E-state index in [1.165, 1.54) is 10.9 Å². The van der Waals surface area contributed by atoms with Crippen molar-refractivity contribution in [2.24, 2.45) is 0 Å². The molecule has 2 rings (SSSR count). The van der Waals surface area contributed by atoms with Crippen molar-refractivity contribution in [1.82, 2.24) is 15.0 Å². The van der Waals surface area contributed by atoms with E-state index in [1.807, 2.05) is 6.92 Å². The number of carbonyl (C=O) groups is 2. The van der Waals surface area contributed by atoms with Gasteiger partial charge in [0.05, 0.1) is 36.2 Å². The van der Waals surface area contributed by atoms with Crippen molar-refractivity contribution in [2.45, 2.75) is 26.2 Å². The van der Waals surface area contributed by atoms with Crippen molar-refractivity contribution in [3.63, 3.8) is 0 Å². The monoisotopic (exact) mass is 303 g/mol. The van der Waals surface area contributed by atoms with Crippen LogP contribution in [0.25, 0.3) is 5.69 Å². The van der Waals surface area contributed by atoms with Crippen molar-refractivity contribution in [2.75, 3.05) is 6.61 Å². The molecule has 0 fully saturated rings. The molecule has 0 amide bonds. The highest BCUT2D eigenvalue weighted by Crippen LogP contribution is 2.13. The summed E-state index contributed by atoms with van der Waals surface area (Å²) >= 11 is 0. The maximum absolute atomic E-state index is 11.9. The van der Waals surface area contributed by atoms with Gasteiger partial charge in [-0.1, -0.05) is 24.6 Å². The fourth-order valence-electron chi connectivity index (χ4n) is 1.91. The van der Waals surface area contributed by atoms with Gasteiger partial charge in [-0.05, 0) is 24.6 Å². The number of carbonyl (C=O) groups excluding carboxylic acids is 1. The number of nitrogens with zero attached hydrogens (tertiary/aromatic N) is 3. The average molecular weight is 303 g/mol. The van der Waals surface area contributed by atoms with Gasteiger partial charge in [0.1, 0.15) is 0 Å². The zero-order chi connectivity index (χ0) is 15.9. The van der Waals surface area contributed by atoms with Crippen molar-refractivity contribution >= 4 is 11.9 Å². The number of aliphatic carboxylic acids is 1. The van der Waals surface area contributed by atoms with Crippen molar-refractivity contribution in [3.8, 4) is 5.69 Å². The molecule has 116 valence electrons. The van der Waals surface area contributed by atoms with Gasteiger partial charge >= 0.3 is 11.9 Å². The lowest BCUT2D eigenvalue weighted by Gasteiger charge is -2.07. The topological polar surface area (TPSA) is 94.3 Å². The molecule has 0 radical (unpaired) electrons. The first-order valence-electron chi connectivity index (χ1n) is 7.00. The second-order valence-electron chi connectivity index (χ2n) is 4.75. The quantitative estimate of drug-likeness (QED) is 0.619. The van der Waals surface area contributed by atoms with Gasteiger partial charge in [-0.3, -0.25) is 4.79 Å². The van der Waals surface area contributed by atoms with Crippen LogP contribution in [0.2, 0.25) is 0 Å². The van der Waals surface area contributed by atoms with Gasteiger partial charge in [0.25, 0.3) is 0 Å². The Kier molecular flexibility index (Phi) is 5.24. The van der Waals surface area contributed by atoms with Gasteiger partial charge < -0.3 is 9.84 Å². The van der Waals surface area contributed by atoms with E-state index in [-0.39, 0.29) is 6.42 Å². The average Bonchev–Trinajstić information content (AvgIpc) is 2.95. The van der Waals surface area contributed by atoms with Gasteiger partial charge in [-0.25, -0.2) is 9.48 Å². The Labute approximate surface area is 127 Å². The minimum atomic E-state index is -0.973. The van der Waals surface area contributed by atoms with E-state index in [2.05, 4.69) is 10.3 Å². The number of ether oxygens (including phenoxy) is 1. The van der Waals surface area contributed by atoms with E-state index in [0.717, 1.165) is 12.8 Å². The van der Waals surface area contributed by atoms with Gasteiger partial charge in [0, 0.05) is 0 Å². The molecule has 1 aromatic carbocycles. The predicted octanol–water partition coefficient (Wildman–Crippen LogP) is 1.85. The van der Waals surface area contributed by atoms with Crippen LogP contribution in [0, 0.1) is 0 Å². The Morgan fingerprint density at radius 1 is 1.36 bits per heavy atom. The second-order valence-corrected chi connectivity index (χ2v) is 4.75. The Balaban J connectivity index is 2.20. The molecule has 0 saturated carbocycles. The fraction of sp³-hybridized carbons (Fsp3) is 0.333. The van der Waals surface area contributed by atoms with E-state index in [0.29, 0.717) is 23.6 Å². The number of carboxylic acid groups (broad SMARTS) is 1. The number of benzene rings is 1. The number of hydrogen-bond acceptors (Lipinski definition) is 5. The summed E-state index contributed by atoms with van der Waals surface area (Å²) in [6.45, 7) is 2.40. The molecule has 2 aromatic rings. The van der Waals surface area contributed by atoms with Crippen LogP contribution in [0.4, 0.5) is 0 Å². The highest BCUT2D eigenvalue weighted by Gasteiger charge is 2.13. The van der Waals surface area contributed by atoms with Crippen LogP contribution in [0.3, 0.4) is 0 Å². The maximum Gasteiger partial charge on any atom is 0.338 e. The zero-order valence-electron chi connectivity index (χ0n) is 12.2. The van der Waals surface area contributed by atoms with E-state index in [9.17, 15) is 9.59 Å². The Morgan fingerprint density at radius 3 is 2.91 bits per heavy atom. The molecule has 1 N–H and O–H groups in total. The molecule has 0 aliphatic carbocycles. The summed E-state index contributed by atoms with van der Waals surface area (Å²) < 4.78 is 6.56. The molecule has 7 heteroatoms. The minimum Gasteiger partial charge on any atom is -0.481 e. The first-order chi connectivity index (χ1) is 10.6. The van der Waals surface area contributed by atoms with Crippen LogP contribution in [-0.4, -0.2) is 38.6 Å². The van der Waals surface area contributed by atoms with Crippen molar-refractivity contribution < 1.29 is 19.4 Å². The molecular weight excluding hydrogens is 286 g/mol. The van der Waals surface area contributed by atoms with E-state index >= 15 is 0 Å². The smallest absolute Gasteiger partial charge is 0.338 e. The summed E-state index contributed by atoms with van der Waals surface area (Å²) in [4.78, 5) is 22.8. The van der Waals surface area contributed by atoms with Crippen LogP contribution >= 0.6 is 0 Å². The van der Waals surface area contributed by atoms with E-state index < -0.39 is 11.9 Å². The summed E-state index contributed by atoms with van der Waals surface area (Å²) in [6.07, 6.45) is 2.96. The lowest BCUT2D eigenvalue weighted by molar-refractivity contribution is -0.136. The fourth-order valence-corrected chi connectivity index (χ4v) is 1.91. The van der Waals surface area contributed by atoms with Crippen LogP contribution in [0.5, 0.6) is 0 Å². The SMILES string of the molecule is CCCCOC(=O)c1cccc(-n2nncc2CC(=O)O)c1. The van der Waals surface area contributed by atoms with Gasteiger partial charge in [-0.2, -0.15) is 0 Å². The van der Waals surface area contributed by atoms with E-state index in [4.69, 9.17) is 9.84 Å². The predicted molar refractivity (Wildman–Crippen MR) is 77.9 cm³/mol. The third kappa shape index (κ3) is 3.91. The molecule has 7 nitrogen and oxygen atoms in total. The van der Waals surface area contributed by atoms with E-state index in [1.54, 1.807) is 24.3 Å². The third-order valence-electron chi connectivity index (χ3n) is 3.01. The van der Waals surface area contributed by atoms with Gasteiger partial charge in [-0.15, -0.1) is 5.10 Å². The van der Waals surface area contributed by atoms with Gasteiger partial charge in [0.2, 0.25) is 0 Å². The van der Waals surface area contributed by atoms with Crippen LogP contribution < -0.4 is 0 Å². The number of unbranched alkanes of at least 4 members (excludes halogenated alkanes) is 1. The van der Waals surface area contributed by atoms with Crippen molar-refractivity contribution in [1.29, 1.82) is 0 Å². The molecule has 22 heavy (non-hydrogen) atoms. The molecule has 0 saturated heterocycles. The molecule has 1 aromatic heterocycles. The van der Waals surface area contributed by atoms with Crippen molar-refractivity contribution in [3.05, 3.63) is 41.7 Å². The highest BCUT2D eigenvalue weighted by molar-refractivity contribution is 5.90. The Hall–Kier alpha value is -2.70. The second kappa shape index (κ2) is 7.35. The summed E-state index contributed by atoms with van der Waals surface area (Å²) in [6, 6.07) is 6.67. The largest absolute Gasteiger partial charge is 0.481 e. The Morgan fingerprint density at radius 2 is 2.18 bits per heavy atom. The highest BCUT2D eigenvalue weighted by atomic mass is 16.5. The van der Waals surface area contributed by atoms with Crippen LogP contribution in [0.1, 0.15) is 35.8 Å². The maximum atomic E-state index is 11.9.